The average molecular weight is 1650 g/mol. The molecule has 0 radical (unpaired) electrons. The first kappa shape index (κ1) is 82.4. The van der Waals surface area contributed by atoms with E-state index in [-0.39, 0.29) is 0 Å². The van der Waals surface area contributed by atoms with Gasteiger partial charge in [-0.3, -0.25) is 0 Å². The van der Waals surface area contributed by atoms with Crippen LogP contribution in [0.1, 0.15) is 168 Å². The van der Waals surface area contributed by atoms with E-state index >= 15 is 0 Å². The third kappa shape index (κ3) is 43.2. The van der Waals surface area contributed by atoms with Gasteiger partial charge in [-0.1, -0.05) is 251 Å². The number of hydrogen-bond acceptors (Lipinski definition) is 10. The van der Waals surface area contributed by atoms with Crippen LogP contribution >= 0.6 is 71.0 Å². The number of benzene rings is 6. The Bertz CT molecular complexity index is 2580. The zero-order valence-corrected chi connectivity index (χ0v) is 62.5. The van der Waals surface area contributed by atoms with Gasteiger partial charge in [0, 0.05) is 0 Å². The first-order valence-corrected chi connectivity index (χ1v) is 50.8. The first-order chi connectivity index (χ1) is 40.8. The second-order valence-electron chi connectivity index (χ2n) is 20.3. The number of halogens is 4. The SMILES string of the molecule is CCCCCCCCCCCCCC[P+](c1ccccc1)(c1ccccc1)c1ccccc1.CCCCCCCCCCCCCC[P+](c1ccccc1)(c1ccccc1)c1ccccc1.[O]=[Mn](=[O])([O-])[Br].[O]=[Mn](=[O])([O-])[Br].[O]=[Mn](=[O])([OH])[Br].[O]=[Mn](=[O])([OH])[Br]. The number of hydrogen-bond donors (Lipinski definition) is 2. The molecule has 6 aromatic rings. The summed E-state index contributed by atoms with van der Waals surface area (Å²) in [7, 11) is -3.27. The Morgan fingerprint density at radius 3 is 0.523 bits per heavy atom. The molecule has 0 unspecified atom stereocenters. The summed E-state index contributed by atoms with van der Waals surface area (Å²) >= 11 is -10.1. The van der Waals surface area contributed by atoms with Gasteiger partial charge in [0.1, 0.15) is 46.4 Å². The minimum atomic E-state index is -4.56. The molecular weight excluding hydrogens is 1560 g/mol. The summed E-state index contributed by atoms with van der Waals surface area (Å²) in [6.45, 7) is 4.59. The maximum absolute atomic E-state index is 9.16. The van der Waals surface area contributed by atoms with E-state index in [0.717, 1.165) is 0 Å². The molecule has 86 heavy (non-hydrogen) atoms. The van der Waals surface area contributed by atoms with E-state index in [4.69, 9.17) is 47.4 Å². The Labute approximate surface area is 551 Å². The van der Waals surface area contributed by atoms with Crippen LogP contribution in [0.25, 0.3) is 0 Å². The van der Waals surface area contributed by atoms with Gasteiger partial charge in [-0.05, 0) is 98.5 Å². The monoisotopic (exact) mass is 1650 g/mol. The van der Waals surface area contributed by atoms with Crippen molar-refractivity contribution in [3.05, 3.63) is 182 Å². The summed E-state index contributed by atoms with van der Waals surface area (Å²) in [5.41, 5.74) is 0. The molecule has 484 valence electrons. The normalized spacial score (nSPS) is 11.6. The Hall–Kier alpha value is -1.58. The van der Waals surface area contributed by atoms with Gasteiger partial charge in [0.05, 0.1) is 12.3 Å². The van der Waals surface area contributed by atoms with Gasteiger partial charge in [0.2, 0.25) is 0 Å². The van der Waals surface area contributed by atoms with E-state index in [1.54, 1.807) is 0 Å². The van der Waals surface area contributed by atoms with Crippen LogP contribution in [-0.2, 0) is 75.6 Å². The molecule has 0 aliphatic heterocycles. The predicted octanol–water partition coefficient (Wildman–Crippen LogP) is 16.3. The fraction of sp³-hybridized carbons (Fsp3) is 0.438. The van der Waals surface area contributed by atoms with E-state index < -0.39 is 59.4 Å². The van der Waals surface area contributed by atoms with Crippen LogP contribution in [-0.4, -0.2) is 20.7 Å². The second-order valence-corrected chi connectivity index (χ2v) is 44.5. The average Bonchev–Trinajstić information content (AvgIpc) is 0.910. The van der Waals surface area contributed by atoms with Gasteiger partial charge in [-0.25, -0.2) is 0 Å². The van der Waals surface area contributed by atoms with Crippen molar-refractivity contribution in [3.63, 3.8) is 0 Å². The summed E-state index contributed by atoms with van der Waals surface area (Å²) < 4.78 is 106. The predicted molar refractivity (Wildman–Crippen MR) is 348 cm³/mol. The third-order valence-electron chi connectivity index (χ3n) is 13.9. The van der Waals surface area contributed by atoms with Crippen molar-refractivity contribution in [2.45, 2.75) is 168 Å². The second kappa shape index (κ2) is 48.2. The van der Waals surface area contributed by atoms with Crippen LogP contribution < -0.4 is 40.2 Å². The van der Waals surface area contributed by atoms with Gasteiger partial charge in [0.15, 0.2) is 0 Å². The molecule has 2 N–H and O–H groups in total. The van der Waals surface area contributed by atoms with Gasteiger partial charge < -0.3 is 0 Å². The van der Waals surface area contributed by atoms with Crippen LogP contribution in [0.5, 0.6) is 0 Å². The van der Waals surface area contributed by atoms with E-state index in [9.17, 15) is 0 Å². The van der Waals surface area contributed by atoms with E-state index in [2.05, 4.69) is 196 Å². The topological polar surface area (TPSA) is 223 Å². The molecule has 22 heteroatoms. The van der Waals surface area contributed by atoms with Crippen LogP contribution in [0.2, 0.25) is 0 Å². The summed E-state index contributed by atoms with van der Waals surface area (Å²) in [5, 5.41) is 9.11. The third-order valence-corrected chi connectivity index (χ3v) is 22.9. The molecule has 0 fully saturated rings. The van der Waals surface area contributed by atoms with Crippen molar-refractivity contribution in [1.82, 2.24) is 0 Å². The number of rotatable bonds is 32. The standard InChI is InChI=1S/2C32H44P.4BrH.4Mn.2H2O.10O/c2*1-2-3-4-5-6-7-8-9-10-11-12-22-29-33(30-23-16-13-17-24-30,31-25-18-14-19-26-31)32-27-20-15-21-28-32;;;;;;;;;;;;;;;;;;;;/h2*13-21,23-28H,2-12,22,29H2,1H3;4*1H;;;;;2*1H2;;;;;;;;;;/q2*+1;;;;;2*+1;2*+2;;;;;;;;;;;2*-1/p-6. The summed E-state index contributed by atoms with van der Waals surface area (Å²) in [6, 6.07) is 68.0. The molecular formula is C64H90Br4Mn4O12P2. The molecule has 0 aromatic heterocycles. The van der Waals surface area contributed by atoms with Crippen molar-refractivity contribution in [3.8, 4) is 0 Å². The van der Waals surface area contributed by atoms with Crippen molar-refractivity contribution in [1.29, 1.82) is 0 Å². The van der Waals surface area contributed by atoms with Gasteiger partial charge in [-0.15, -0.1) is 0 Å². The quantitative estimate of drug-likeness (QED) is 0.0229. The van der Waals surface area contributed by atoms with E-state index in [1.165, 1.54) is 198 Å². The Balaban J connectivity index is 0.000000653. The Morgan fingerprint density at radius 2 is 0.395 bits per heavy atom. The molecule has 0 heterocycles. The van der Waals surface area contributed by atoms with Crippen LogP contribution in [0.3, 0.4) is 0 Å². The van der Waals surface area contributed by atoms with Crippen molar-refractivity contribution < 1.29 is 92.4 Å². The number of unbranched alkanes of at least 4 members (excludes halogenated alkanes) is 22. The fourth-order valence-corrected chi connectivity index (χ4v) is 19.0. The molecule has 0 saturated heterocycles. The zero-order chi connectivity index (χ0) is 64.1. The molecule has 0 bridgehead atoms. The van der Waals surface area contributed by atoms with Gasteiger partial charge in [-0.2, -0.15) is 0 Å². The molecule has 6 aromatic carbocycles. The molecule has 0 saturated carbocycles. The molecule has 0 atom stereocenters. The molecule has 6 rings (SSSR count). The Morgan fingerprint density at radius 1 is 0.279 bits per heavy atom. The maximum atomic E-state index is 9.16. The molecule has 0 aliphatic rings. The van der Waals surface area contributed by atoms with Crippen LogP contribution in [0.4, 0.5) is 0 Å². The summed E-state index contributed by atoms with van der Waals surface area (Å²) in [4.78, 5) is 0. The van der Waals surface area contributed by atoms with Crippen molar-refractivity contribution >= 4 is 103 Å². The van der Waals surface area contributed by atoms with E-state index in [0.29, 0.717) is 0 Å². The van der Waals surface area contributed by atoms with Gasteiger partial charge >= 0.3 is 149 Å². The van der Waals surface area contributed by atoms with Crippen LogP contribution in [0, 0.1) is 0 Å². The van der Waals surface area contributed by atoms with E-state index in [1.807, 2.05) is 56.4 Å². The zero-order valence-electron chi connectivity index (χ0n) is 49.6. The minimum absolute atomic E-state index is 1.27. The molecule has 0 amide bonds. The van der Waals surface area contributed by atoms with Crippen LogP contribution in [0.15, 0.2) is 182 Å². The molecule has 12 nitrogen and oxygen atoms in total. The van der Waals surface area contributed by atoms with Crippen molar-refractivity contribution in [2.24, 2.45) is 0 Å². The van der Waals surface area contributed by atoms with Crippen molar-refractivity contribution in [2.75, 3.05) is 12.3 Å². The molecule has 0 spiro atoms. The fourth-order valence-electron chi connectivity index (χ4n) is 10.1. The summed E-state index contributed by atoms with van der Waals surface area (Å²) in [5.74, 6) is 0. The first-order valence-electron chi connectivity index (χ1n) is 29.3. The summed E-state index contributed by atoms with van der Waals surface area (Å²) in [6.07, 6.45) is 36.2. The van der Waals surface area contributed by atoms with Gasteiger partial charge in [0.25, 0.3) is 0 Å². The molecule has 0 aliphatic carbocycles. The Kier molecular flexibility index (Phi) is 46.2.